The summed E-state index contributed by atoms with van der Waals surface area (Å²) >= 11 is 1.76. The normalized spacial score (nSPS) is 11.1. The number of nitrogens with zero attached hydrogens (tertiary/aromatic N) is 1. The van der Waals surface area contributed by atoms with Gasteiger partial charge in [0.05, 0.1) is 0 Å². The first-order chi connectivity index (χ1) is 7.79. The van der Waals surface area contributed by atoms with Crippen LogP contribution < -0.4 is 4.57 Å². The summed E-state index contributed by atoms with van der Waals surface area (Å²) in [7, 11) is 2.09. The lowest BCUT2D eigenvalue weighted by Gasteiger charge is -1.97. The van der Waals surface area contributed by atoms with Crippen molar-refractivity contribution in [2.45, 2.75) is 13.3 Å². The highest BCUT2D eigenvalue weighted by Gasteiger charge is 2.03. The molecule has 0 aliphatic heterocycles. The van der Waals surface area contributed by atoms with Crippen LogP contribution >= 0.6 is 11.3 Å². The quantitative estimate of drug-likeness (QED) is 0.712. The van der Waals surface area contributed by atoms with Gasteiger partial charge in [0.15, 0.2) is 6.20 Å². The van der Waals surface area contributed by atoms with Crippen molar-refractivity contribution in [3.63, 3.8) is 0 Å². The largest absolute Gasteiger partial charge is 0.204 e. The van der Waals surface area contributed by atoms with E-state index in [0.717, 1.165) is 6.42 Å². The Balaban J connectivity index is 2.22. The first-order valence-corrected chi connectivity index (χ1v) is 6.37. The van der Waals surface area contributed by atoms with Crippen molar-refractivity contribution in [3.8, 4) is 0 Å². The smallest absolute Gasteiger partial charge is 0.201 e. The van der Waals surface area contributed by atoms with E-state index in [2.05, 4.69) is 66.5 Å². The van der Waals surface area contributed by atoms with Gasteiger partial charge in [0, 0.05) is 22.6 Å². The summed E-state index contributed by atoms with van der Waals surface area (Å²) in [4.78, 5) is 1.29. The van der Waals surface area contributed by atoms with E-state index in [1.807, 2.05) is 0 Å². The number of hydrogen-bond acceptors (Lipinski definition) is 1. The summed E-state index contributed by atoms with van der Waals surface area (Å²) in [6, 6.07) is 8.56. The molecule has 2 aromatic heterocycles. The fourth-order valence-electron chi connectivity index (χ4n) is 1.61. The van der Waals surface area contributed by atoms with Gasteiger partial charge in [-0.15, -0.1) is 11.3 Å². The number of aromatic nitrogens is 1. The summed E-state index contributed by atoms with van der Waals surface area (Å²) in [5.41, 5.74) is 2.60. The molecule has 0 spiro atoms. The third kappa shape index (κ3) is 2.58. The average Bonchev–Trinajstić information content (AvgIpc) is 2.80. The van der Waals surface area contributed by atoms with E-state index < -0.39 is 0 Å². The van der Waals surface area contributed by atoms with Crippen molar-refractivity contribution in [2.24, 2.45) is 7.05 Å². The Morgan fingerprint density at radius 2 is 2.12 bits per heavy atom. The van der Waals surface area contributed by atoms with E-state index >= 15 is 0 Å². The average molecular weight is 230 g/mol. The Morgan fingerprint density at radius 1 is 1.25 bits per heavy atom. The van der Waals surface area contributed by atoms with Gasteiger partial charge in [-0.2, -0.15) is 0 Å². The van der Waals surface area contributed by atoms with Crippen LogP contribution in [0.25, 0.3) is 12.2 Å². The van der Waals surface area contributed by atoms with E-state index in [0.29, 0.717) is 0 Å². The molecule has 0 unspecified atom stereocenters. The molecular weight excluding hydrogens is 214 g/mol. The minimum Gasteiger partial charge on any atom is -0.201 e. The van der Waals surface area contributed by atoms with Crippen LogP contribution in [0, 0.1) is 0 Å². The maximum atomic E-state index is 2.19. The third-order valence-electron chi connectivity index (χ3n) is 2.60. The Kier molecular flexibility index (Phi) is 3.52. The Hall–Kier alpha value is -1.41. The maximum absolute atomic E-state index is 2.19. The van der Waals surface area contributed by atoms with E-state index in [4.69, 9.17) is 0 Å². The highest BCUT2D eigenvalue weighted by atomic mass is 32.1. The van der Waals surface area contributed by atoms with Crippen molar-refractivity contribution in [1.82, 2.24) is 0 Å². The van der Waals surface area contributed by atoms with Crippen LogP contribution in [0.2, 0.25) is 0 Å². The molecule has 82 valence electrons. The summed E-state index contributed by atoms with van der Waals surface area (Å²) in [5, 5.41) is 2.10. The molecule has 16 heavy (non-hydrogen) atoms. The topological polar surface area (TPSA) is 3.88 Å². The highest BCUT2D eigenvalue weighted by molar-refractivity contribution is 7.10. The monoisotopic (exact) mass is 230 g/mol. The molecule has 1 nitrogen and oxygen atoms in total. The molecule has 0 amide bonds. The number of hydrogen-bond donors (Lipinski definition) is 0. The second kappa shape index (κ2) is 5.08. The second-order valence-electron chi connectivity index (χ2n) is 3.78. The molecular formula is C14H16NS+. The standard InChI is InChI=1S/C14H16NS/c1-3-12-6-7-13(15(2)11-12)8-9-14-5-4-10-16-14/h4-11H,3H2,1-2H3/q+1/b9-8+. The van der Waals surface area contributed by atoms with E-state index in [-0.39, 0.29) is 0 Å². The van der Waals surface area contributed by atoms with Crippen LogP contribution in [0.4, 0.5) is 0 Å². The first kappa shape index (κ1) is 11.1. The van der Waals surface area contributed by atoms with Gasteiger partial charge >= 0.3 is 0 Å². The molecule has 0 atom stereocenters. The van der Waals surface area contributed by atoms with E-state index in [1.165, 1.54) is 16.1 Å². The molecule has 2 aromatic rings. The molecule has 2 heterocycles. The van der Waals surface area contributed by atoms with E-state index in [1.54, 1.807) is 11.3 Å². The number of rotatable bonds is 3. The van der Waals surface area contributed by atoms with Crippen LogP contribution in [0.15, 0.2) is 35.8 Å². The molecule has 0 aromatic carbocycles. The van der Waals surface area contributed by atoms with Crippen molar-refractivity contribution >= 4 is 23.5 Å². The molecule has 0 saturated carbocycles. The van der Waals surface area contributed by atoms with Crippen LogP contribution in [-0.4, -0.2) is 0 Å². The lowest BCUT2D eigenvalue weighted by Crippen LogP contribution is -2.31. The molecule has 0 bridgehead atoms. The lowest BCUT2D eigenvalue weighted by molar-refractivity contribution is -0.673. The third-order valence-corrected chi connectivity index (χ3v) is 3.44. The molecule has 2 heteroatoms. The molecule has 0 fully saturated rings. The van der Waals surface area contributed by atoms with Crippen LogP contribution in [0.3, 0.4) is 0 Å². The summed E-state index contributed by atoms with van der Waals surface area (Å²) in [5.74, 6) is 0. The molecule has 0 aliphatic rings. The van der Waals surface area contributed by atoms with Gasteiger partial charge in [-0.1, -0.05) is 13.0 Å². The predicted octanol–water partition coefficient (Wildman–Crippen LogP) is 3.31. The predicted molar refractivity (Wildman–Crippen MR) is 70.2 cm³/mol. The summed E-state index contributed by atoms with van der Waals surface area (Å²) < 4.78 is 2.17. The Bertz CT molecular complexity index is 483. The van der Waals surface area contributed by atoms with Gasteiger partial charge in [-0.3, -0.25) is 0 Å². The number of aryl methyl sites for hydroxylation is 2. The first-order valence-electron chi connectivity index (χ1n) is 5.49. The van der Waals surface area contributed by atoms with Gasteiger partial charge < -0.3 is 0 Å². The molecule has 0 N–H and O–H groups in total. The Morgan fingerprint density at radius 3 is 2.75 bits per heavy atom. The SMILES string of the molecule is CCc1ccc(/C=C/c2cccs2)[n+](C)c1. The number of thiophene rings is 1. The molecule has 0 saturated heterocycles. The maximum Gasteiger partial charge on any atom is 0.204 e. The van der Waals surface area contributed by atoms with Gasteiger partial charge in [0.1, 0.15) is 7.05 Å². The summed E-state index contributed by atoms with van der Waals surface area (Å²) in [6.45, 7) is 2.18. The van der Waals surface area contributed by atoms with Crippen molar-refractivity contribution in [3.05, 3.63) is 52.0 Å². The van der Waals surface area contributed by atoms with Crippen molar-refractivity contribution in [2.75, 3.05) is 0 Å². The molecule has 0 radical (unpaired) electrons. The lowest BCUT2D eigenvalue weighted by atomic mass is 10.2. The van der Waals surface area contributed by atoms with E-state index in [9.17, 15) is 0 Å². The number of pyridine rings is 1. The second-order valence-corrected chi connectivity index (χ2v) is 4.75. The summed E-state index contributed by atoms with van der Waals surface area (Å²) in [6.07, 6.45) is 7.59. The zero-order valence-corrected chi connectivity index (χ0v) is 10.5. The Labute approximate surface area is 101 Å². The van der Waals surface area contributed by atoms with Gasteiger partial charge in [0.25, 0.3) is 0 Å². The fourth-order valence-corrected chi connectivity index (χ4v) is 2.23. The minimum absolute atomic E-state index is 1.09. The molecule has 0 aliphatic carbocycles. The highest BCUT2D eigenvalue weighted by Crippen LogP contribution is 2.12. The van der Waals surface area contributed by atoms with Crippen LogP contribution in [0.1, 0.15) is 23.1 Å². The van der Waals surface area contributed by atoms with Crippen molar-refractivity contribution < 1.29 is 4.57 Å². The fraction of sp³-hybridized carbons (Fsp3) is 0.214. The van der Waals surface area contributed by atoms with Gasteiger partial charge in [-0.05, 0) is 30.0 Å². The zero-order valence-electron chi connectivity index (χ0n) is 9.68. The van der Waals surface area contributed by atoms with Crippen LogP contribution in [-0.2, 0) is 13.5 Å². The van der Waals surface area contributed by atoms with Crippen molar-refractivity contribution in [1.29, 1.82) is 0 Å². The van der Waals surface area contributed by atoms with Crippen LogP contribution in [0.5, 0.6) is 0 Å². The van der Waals surface area contributed by atoms with Gasteiger partial charge in [-0.25, -0.2) is 4.57 Å². The molecule has 2 rings (SSSR count). The zero-order chi connectivity index (χ0) is 11.4. The van der Waals surface area contributed by atoms with Gasteiger partial charge in [0.2, 0.25) is 5.69 Å². The minimum atomic E-state index is 1.09.